The van der Waals surface area contributed by atoms with E-state index in [4.69, 9.17) is 4.74 Å². The number of nitrogens with one attached hydrogen (secondary N) is 1. The van der Waals surface area contributed by atoms with Gasteiger partial charge in [-0.2, -0.15) is 13.2 Å². The lowest BCUT2D eigenvalue weighted by atomic mass is 10.2. The summed E-state index contributed by atoms with van der Waals surface area (Å²) in [5.74, 6) is 0.187. The van der Waals surface area contributed by atoms with Crippen molar-refractivity contribution >= 4 is 5.82 Å². The fourth-order valence-electron chi connectivity index (χ4n) is 1.13. The summed E-state index contributed by atoms with van der Waals surface area (Å²) in [6.07, 6.45) is -4.42. The molecule has 3 nitrogen and oxygen atoms in total. The lowest BCUT2D eigenvalue weighted by Crippen LogP contribution is -2.11. The first-order valence-corrected chi connectivity index (χ1v) is 4.23. The van der Waals surface area contributed by atoms with Crippen LogP contribution in [-0.2, 0) is 17.5 Å². The summed E-state index contributed by atoms with van der Waals surface area (Å²) in [5, 5.41) is 2.60. The van der Waals surface area contributed by atoms with Gasteiger partial charge in [0, 0.05) is 19.7 Å². The number of rotatable bonds is 3. The van der Waals surface area contributed by atoms with Gasteiger partial charge >= 0.3 is 6.18 Å². The van der Waals surface area contributed by atoms with Crippen LogP contribution in [0.15, 0.2) is 12.1 Å². The SMILES string of the molecule is CNc1nc(C(F)(F)F)ccc1COC. The number of halogens is 3. The maximum absolute atomic E-state index is 12.3. The van der Waals surface area contributed by atoms with Crippen LogP contribution in [0.4, 0.5) is 19.0 Å². The molecular weight excluding hydrogens is 209 g/mol. The topological polar surface area (TPSA) is 34.2 Å². The van der Waals surface area contributed by atoms with Gasteiger partial charge in [0.05, 0.1) is 6.61 Å². The van der Waals surface area contributed by atoms with Crippen LogP contribution in [0.5, 0.6) is 0 Å². The number of nitrogens with zero attached hydrogens (tertiary/aromatic N) is 1. The fourth-order valence-corrected chi connectivity index (χ4v) is 1.13. The molecule has 1 aromatic rings. The number of hydrogen-bond acceptors (Lipinski definition) is 3. The van der Waals surface area contributed by atoms with Crippen molar-refractivity contribution in [3.05, 3.63) is 23.4 Å². The molecule has 84 valence electrons. The van der Waals surface area contributed by atoms with E-state index in [1.807, 2.05) is 0 Å². The minimum atomic E-state index is -4.42. The average Bonchev–Trinajstić information content (AvgIpc) is 2.17. The number of methoxy groups -OCH3 is 1. The van der Waals surface area contributed by atoms with Gasteiger partial charge in [0.2, 0.25) is 0 Å². The molecule has 0 aliphatic heterocycles. The van der Waals surface area contributed by atoms with Crippen molar-refractivity contribution in [1.82, 2.24) is 4.98 Å². The lowest BCUT2D eigenvalue weighted by Gasteiger charge is -2.11. The molecule has 0 aromatic carbocycles. The quantitative estimate of drug-likeness (QED) is 0.848. The van der Waals surface area contributed by atoms with E-state index in [2.05, 4.69) is 10.3 Å². The van der Waals surface area contributed by atoms with Gasteiger partial charge in [-0.3, -0.25) is 0 Å². The molecule has 0 bridgehead atoms. The molecule has 6 heteroatoms. The van der Waals surface area contributed by atoms with Gasteiger partial charge in [-0.15, -0.1) is 0 Å². The molecular formula is C9H11F3N2O. The monoisotopic (exact) mass is 220 g/mol. The summed E-state index contributed by atoms with van der Waals surface area (Å²) in [6, 6.07) is 2.29. The van der Waals surface area contributed by atoms with Gasteiger partial charge in [-0.1, -0.05) is 6.07 Å². The standard InChI is InChI=1S/C9H11F3N2O/c1-13-8-6(5-15-2)3-4-7(14-8)9(10,11)12/h3-4H,5H2,1-2H3,(H,13,14). The van der Waals surface area contributed by atoms with Crippen LogP contribution in [-0.4, -0.2) is 19.1 Å². The molecule has 0 fully saturated rings. The Morgan fingerprint density at radius 1 is 1.40 bits per heavy atom. The highest BCUT2D eigenvalue weighted by Gasteiger charge is 2.32. The Morgan fingerprint density at radius 3 is 2.53 bits per heavy atom. The summed E-state index contributed by atoms with van der Waals surface area (Å²) in [5.41, 5.74) is -0.320. The zero-order valence-electron chi connectivity index (χ0n) is 8.35. The third-order valence-electron chi connectivity index (χ3n) is 1.81. The van der Waals surface area contributed by atoms with Gasteiger partial charge < -0.3 is 10.1 Å². The molecule has 0 saturated carbocycles. The Kier molecular flexibility index (Phi) is 3.52. The first kappa shape index (κ1) is 11.8. The first-order chi connectivity index (χ1) is 6.99. The lowest BCUT2D eigenvalue weighted by molar-refractivity contribution is -0.141. The number of alkyl halides is 3. The van der Waals surface area contributed by atoms with Crippen LogP contribution in [0.1, 0.15) is 11.3 Å². The molecule has 15 heavy (non-hydrogen) atoms. The second-order valence-electron chi connectivity index (χ2n) is 2.88. The van der Waals surface area contributed by atoms with E-state index in [0.717, 1.165) is 6.07 Å². The maximum Gasteiger partial charge on any atom is 0.433 e. The molecule has 1 aromatic heterocycles. The molecule has 0 aliphatic rings. The van der Waals surface area contributed by atoms with Crippen molar-refractivity contribution in [1.29, 1.82) is 0 Å². The van der Waals surface area contributed by atoms with Crippen molar-refractivity contribution in [2.45, 2.75) is 12.8 Å². The van der Waals surface area contributed by atoms with E-state index in [0.29, 0.717) is 5.56 Å². The zero-order valence-corrected chi connectivity index (χ0v) is 8.35. The molecule has 1 rings (SSSR count). The third-order valence-corrected chi connectivity index (χ3v) is 1.81. The second-order valence-corrected chi connectivity index (χ2v) is 2.88. The summed E-state index contributed by atoms with van der Waals surface area (Å²) < 4.78 is 41.7. The van der Waals surface area contributed by atoms with Gasteiger partial charge in [0.15, 0.2) is 0 Å². The first-order valence-electron chi connectivity index (χ1n) is 4.23. The van der Waals surface area contributed by atoms with Crippen LogP contribution in [0.25, 0.3) is 0 Å². The zero-order chi connectivity index (χ0) is 11.5. The Hall–Kier alpha value is -1.30. The fraction of sp³-hybridized carbons (Fsp3) is 0.444. The highest BCUT2D eigenvalue weighted by Crippen LogP contribution is 2.29. The van der Waals surface area contributed by atoms with Crippen LogP contribution in [0, 0.1) is 0 Å². The number of pyridine rings is 1. The summed E-state index contributed by atoms with van der Waals surface area (Å²) >= 11 is 0. The van der Waals surface area contributed by atoms with E-state index >= 15 is 0 Å². The van der Waals surface area contributed by atoms with E-state index < -0.39 is 11.9 Å². The number of ether oxygens (including phenoxy) is 1. The van der Waals surface area contributed by atoms with Crippen LogP contribution >= 0.6 is 0 Å². The Balaban J connectivity index is 3.08. The maximum atomic E-state index is 12.3. The Bertz CT molecular complexity index is 339. The molecule has 1 N–H and O–H groups in total. The number of anilines is 1. The average molecular weight is 220 g/mol. The molecule has 0 unspecified atom stereocenters. The minimum absolute atomic E-state index is 0.187. The second kappa shape index (κ2) is 4.48. The largest absolute Gasteiger partial charge is 0.433 e. The van der Waals surface area contributed by atoms with Crippen LogP contribution < -0.4 is 5.32 Å². The Labute approximate surface area is 85.3 Å². The van der Waals surface area contributed by atoms with E-state index in [9.17, 15) is 13.2 Å². The molecule has 0 aliphatic carbocycles. The van der Waals surface area contributed by atoms with E-state index in [-0.39, 0.29) is 12.4 Å². The summed E-state index contributed by atoms with van der Waals surface area (Å²) in [4.78, 5) is 3.46. The van der Waals surface area contributed by atoms with E-state index in [1.165, 1.54) is 20.2 Å². The van der Waals surface area contributed by atoms with Crippen molar-refractivity contribution in [3.8, 4) is 0 Å². The molecule has 0 atom stereocenters. The molecule has 0 amide bonds. The predicted molar refractivity (Wildman–Crippen MR) is 49.5 cm³/mol. The summed E-state index contributed by atoms with van der Waals surface area (Å²) in [7, 11) is 2.98. The number of hydrogen-bond donors (Lipinski definition) is 1. The summed E-state index contributed by atoms with van der Waals surface area (Å²) in [6.45, 7) is 0.224. The van der Waals surface area contributed by atoms with Crippen molar-refractivity contribution in [3.63, 3.8) is 0 Å². The molecule has 0 spiro atoms. The third kappa shape index (κ3) is 2.82. The van der Waals surface area contributed by atoms with Gasteiger partial charge in [0.1, 0.15) is 11.5 Å². The van der Waals surface area contributed by atoms with Crippen molar-refractivity contribution in [2.24, 2.45) is 0 Å². The normalized spacial score (nSPS) is 11.5. The predicted octanol–water partition coefficient (Wildman–Crippen LogP) is 2.29. The highest BCUT2D eigenvalue weighted by atomic mass is 19.4. The molecule has 0 saturated heterocycles. The Morgan fingerprint density at radius 2 is 2.07 bits per heavy atom. The van der Waals surface area contributed by atoms with Gasteiger partial charge in [0.25, 0.3) is 0 Å². The van der Waals surface area contributed by atoms with Crippen LogP contribution in [0.2, 0.25) is 0 Å². The molecule has 1 heterocycles. The number of aromatic nitrogens is 1. The van der Waals surface area contributed by atoms with Gasteiger partial charge in [-0.25, -0.2) is 4.98 Å². The van der Waals surface area contributed by atoms with Gasteiger partial charge in [-0.05, 0) is 6.07 Å². The van der Waals surface area contributed by atoms with E-state index in [1.54, 1.807) is 0 Å². The van der Waals surface area contributed by atoms with Crippen LogP contribution in [0.3, 0.4) is 0 Å². The smallest absolute Gasteiger partial charge is 0.380 e. The van der Waals surface area contributed by atoms with Crippen molar-refractivity contribution < 1.29 is 17.9 Å². The molecule has 0 radical (unpaired) electrons. The highest BCUT2D eigenvalue weighted by molar-refractivity contribution is 5.44. The minimum Gasteiger partial charge on any atom is -0.380 e. The van der Waals surface area contributed by atoms with Crippen molar-refractivity contribution in [2.75, 3.05) is 19.5 Å².